The number of rotatable bonds is 7. The van der Waals surface area contributed by atoms with E-state index in [9.17, 15) is 4.39 Å². The third kappa shape index (κ3) is 6.39. The van der Waals surface area contributed by atoms with Gasteiger partial charge in [-0.25, -0.2) is 4.39 Å². The molecule has 3 atom stereocenters. The molecule has 0 saturated carbocycles. The molecule has 0 amide bonds. The molecule has 0 heterocycles. The zero-order valence-electron chi connectivity index (χ0n) is 10.5. The van der Waals surface area contributed by atoms with Gasteiger partial charge in [0.05, 0.1) is 0 Å². The van der Waals surface area contributed by atoms with E-state index in [2.05, 4.69) is 20.8 Å². The molecule has 0 aromatic carbocycles. The van der Waals surface area contributed by atoms with E-state index < -0.39 is 6.17 Å². The fourth-order valence-electron chi connectivity index (χ4n) is 1.75. The zero-order valence-corrected chi connectivity index (χ0v) is 10.5. The van der Waals surface area contributed by atoms with Gasteiger partial charge < -0.3 is 0 Å². The minimum Gasteiger partial charge on any atom is -0.247 e. The maximum absolute atomic E-state index is 13.3. The van der Waals surface area contributed by atoms with Crippen LogP contribution in [0.25, 0.3) is 0 Å². The Morgan fingerprint density at radius 2 is 1.50 bits per heavy atom. The summed E-state index contributed by atoms with van der Waals surface area (Å²) in [4.78, 5) is 0. The van der Waals surface area contributed by atoms with E-state index >= 15 is 0 Å². The number of halogens is 1. The van der Waals surface area contributed by atoms with Crippen LogP contribution >= 0.6 is 0 Å². The molecular formula is C13H27F. The van der Waals surface area contributed by atoms with Crippen LogP contribution < -0.4 is 0 Å². The maximum atomic E-state index is 13.3. The van der Waals surface area contributed by atoms with Gasteiger partial charge in [0.1, 0.15) is 6.17 Å². The predicted molar refractivity (Wildman–Crippen MR) is 62.2 cm³/mol. The first kappa shape index (κ1) is 13.9. The summed E-state index contributed by atoms with van der Waals surface area (Å²) >= 11 is 0. The highest BCUT2D eigenvalue weighted by Gasteiger charge is 2.14. The average molecular weight is 202 g/mol. The third-order valence-electron chi connectivity index (χ3n) is 3.16. The minimum atomic E-state index is -0.602. The van der Waals surface area contributed by atoms with Crippen LogP contribution in [-0.2, 0) is 0 Å². The monoisotopic (exact) mass is 202 g/mol. The SMILES string of the molecule is CCC(C)CC(C)CCC(F)C(C)C. The summed E-state index contributed by atoms with van der Waals surface area (Å²) in [5, 5.41) is 0. The Balaban J connectivity index is 3.58. The molecule has 0 N–H and O–H groups in total. The van der Waals surface area contributed by atoms with Gasteiger partial charge in [-0.15, -0.1) is 0 Å². The number of alkyl halides is 1. The quantitative estimate of drug-likeness (QED) is 0.554. The van der Waals surface area contributed by atoms with Crippen molar-refractivity contribution in [2.45, 2.75) is 66.5 Å². The Labute approximate surface area is 89.3 Å². The Morgan fingerprint density at radius 3 is 1.93 bits per heavy atom. The van der Waals surface area contributed by atoms with E-state index in [0.717, 1.165) is 18.8 Å². The standard InChI is InChI=1S/C13H27F/c1-6-11(4)9-12(5)7-8-13(14)10(2)3/h10-13H,6-9H2,1-5H3. The fourth-order valence-corrected chi connectivity index (χ4v) is 1.75. The molecule has 0 nitrogen and oxygen atoms in total. The highest BCUT2D eigenvalue weighted by molar-refractivity contribution is 4.65. The fraction of sp³-hybridized carbons (Fsp3) is 1.00. The first-order chi connectivity index (χ1) is 6.47. The van der Waals surface area contributed by atoms with E-state index in [1.165, 1.54) is 12.8 Å². The molecule has 0 saturated heterocycles. The largest absolute Gasteiger partial charge is 0.247 e. The van der Waals surface area contributed by atoms with Gasteiger partial charge >= 0.3 is 0 Å². The van der Waals surface area contributed by atoms with Crippen molar-refractivity contribution in [3.05, 3.63) is 0 Å². The van der Waals surface area contributed by atoms with E-state index in [1.807, 2.05) is 13.8 Å². The molecule has 0 bridgehead atoms. The van der Waals surface area contributed by atoms with Crippen molar-refractivity contribution >= 4 is 0 Å². The molecule has 0 aliphatic rings. The molecule has 0 fully saturated rings. The number of hydrogen-bond acceptors (Lipinski definition) is 0. The van der Waals surface area contributed by atoms with Gasteiger partial charge in [-0.05, 0) is 37.0 Å². The molecule has 1 heteroatoms. The van der Waals surface area contributed by atoms with Crippen molar-refractivity contribution in [1.82, 2.24) is 0 Å². The lowest BCUT2D eigenvalue weighted by molar-refractivity contribution is 0.219. The van der Waals surface area contributed by atoms with Crippen LogP contribution in [0.1, 0.15) is 60.3 Å². The summed E-state index contributed by atoms with van der Waals surface area (Å²) in [6, 6.07) is 0. The van der Waals surface area contributed by atoms with Gasteiger partial charge in [0, 0.05) is 0 Å². The zero-order chi connectivity index (χ0) is 11.1. The van der Waals surface area contributed by atoms with Crippen LogP contribution in [0.5, 0.6) is 0 Å². The highest BCUT2D eigenvalue weighted by Crippen LogP contribution is 2.22. The molecule has 0 spiro atoms. The van der Waals surface area contributed by atoms with Crippen molar-refractivity contribution in [1.29, 1.82) is 0 Å². The lowest BCUT2D eigenvalue weighted by Crippen LogP contribution is -2.11. The van der Waals surface area contributed by atoms with Gasteiger partial charge in [-0.3, -0.25) is 0 Å². The second-order valence-corrected chi connectivity index (χ2v) is 5.19. The maximum Gasteiger partial charge on any atom is 0.102 e. The third-order valence-corrected chi connectivity index (χ3v) is 3.16. The van der Waals surface area contributed by atoms with E-state index in [0.29, 0.717) is 5.92 Å². The van der Waals surface area contributed by atoms with Crippen LogP contribution in [0.4, 0.5) is 4.39 Å². The van der Waals surface area contributed by atoms with Crippen molar-refractivity contribution in [2.75, 3.05) is 0 Å². The summed E-state index contributed by atoms with van der Waals surface area (Å²) < 4.78 is 13.3. The second-order valence-electron chi connectivity index (χ2n) is 5.19. The Morgan fingerprint density at radius 1 is 0.929 bits per heavy atom. The number of hydrogen-bond donors (Lipinski definition) is 0. The normalized spacial score (nSPS) is 18.2. The molecule has 86 valence electrons. The van der Waals surface area contributed by atoms with Crippen LogP contribution in [0.3, 0.4) is 0 Å². The molecule has 14 heavy (non-hydrogen) atoms. The van der Waals surface area contributed by atoms with E-state index in [-0.39, 0.29) is 5.92 Å². The topological polar surface area (TPSA) is 0 Å². The summed E-state index contributed by atoms with van der Waals surface area (Å²) in [6.45, 7) is 10.7. The Bertz CT molecular complexity index is 131. The van der Waals surface area contributed by atoms with Crippen LogP contribution in [0, 0.1) is 17.8 Å². The molecular weight excluding hydrogens is 175 g/mol. The van der Waals surface area contributed by atoms with Gasteiger partial charge in [-0.2, -0.15) is 0 Å². The minimum absolute atomic E-state index is 0.186. The van der Waals surface area contributed by atoms with Gasteiger partial charge in [0.25, 0.3) is 0 Å². The van der Waals surface area contributed by atoms with E-state index in [1.54, 1.807) is 0 Å². The summed E-state index contributed by atoms with van der Waals surface area (Å²) in [5.41, 5.74) is 0. The van der Waals surface area contributed by atoms with Gasteiger partial charge in [-0.1, -0.05) is 41.0 Å². The van der Waals surface area contributed by atoms with Crippen molar-refractivity contribution in [3.8, 4) is 0 Å². The van der Waals surface area contributed by atoms with Gasteiger partial charge in [0.2, 0.25) is 0 Å². The molecule has 0 radical (unpaired) electrons. The Hall–Kier alpha value is -0.0700. The predicted octanol–water partition coefficient (Wildman–Crippen LogP) is 4.83. The van der Waals surface area contributed by atoms with Crippen LogP contribution in [-0.4, -0.2) is 6.17 Å². The van der Waals surface area contributed by atoms with Crippen LogP contribution in [0.2, 0.25) is 0 Å². The summed E-state index contributed by atoms with van der Waals surface area (Å²) in [7, 11) is 0. The van der Waals surface area contributed by atoms with Crippen LogP contribution in [0.15, 0.2) is 0 Å². The smallest absolute Gasteiger partial charge is 0.102 e. The van der Waals surface area contributed by atoms with Gasteiger partial charge in [0.15, 0.2) is 0 Å². The highest BCUT2D eigenvalue weighted by atomic mass is 19.1. The van der Waals surface area contributed by atoms with Crippen molar-refractivity contribution < 1.29 is 4.39 Å². The van der Waals surface area contributed by atoms with Crippen molar-refractivity contribution in [2.24, 2.45) is 17.8 Å². The lowest BCUT2D eigenvalue weighted by Gasteiger charge is -2.18. The first-order valence-corrected chi connectivity index (χ1v) is 6.11. The molecule has 0 aromatic rings. The summed E-state index contributed by atoms with van der Waals surface area (Å²) in [5.74, 6) is 1.66. The molecule has 0 aliphatic heterocycles. The second kappa shape index (κ2) is 7.25. The first-order valence-electron chi connectivity index (χ1n) is 6.11. The molecule has 0 aromatic heterocycles. The lowest BCUT2D eigenvalue weighted by atomic mass is 9.90. The van der Waals surface area contributed by atoms with Crippen molar-refractivity contribution in [3.63, 3.8) is 0 Å². The Kier molecular flexibility index (Phi) is 7.22. The average Bonchev–Trinajstić information content (AvgIpc) is 2.13. The van der Waals surface area contributed by atoms with E-state index in [4.69, 9.17) is 0 Å². The molecule has 0 aliphatic carbocycles. The molecule has 3 unspecified atom stereocenters. The summed E-state index contributed by atoms with van der Waals surface area (Å²) in [6.07, 6.45) is 3.68. The molecule has 0 rings (SSSR count).